The van der Waals surface area contributed by atoms with Crippen molar-refractivity contribution in [2.75, 3.05) is 0 Å². The third-order valence-electron chi connectivity index (χ3n) is 2.37. The number of Topliss-reactive ketones (excluding diaryl/α,β-unsaturated/α-hetero) is 2. The van der Waals surface area contributed by atoms with Crippen LogP contribution in [0.25, 0.3) is 0 Å². The third kappa shape index (κ3) is 4.71. The maximum atomic E-state index is 11.5. The van der Waals surface area contributed by atoms with Gasteiger partial charge in [-0.05, 0) is 13.8 Å². The molecule has 0 spiro atoms. The molecule has 0 heterocycles. The Morgan fingerprint density at radius 2 is 1.31 bits per heavy atom. The Balaban J connectivity index is 0. The van der Waals surface area contributed by atoms with Gasteiger partial charge in [0.1, 0.15) is 5.78 Å². The van der Waals surface area contributed by atoms with Crippen molar-refractivity contribution < 1.29 is 19.5 Å². The molecule has 0 aliphatic carbocycles. The van der Waals surface area contributed by atoms with E-state index in [1.807, 2.05) is 0 Å². The topological polar surface area (TPSA) is 74.3 Å². The van der Waals surface area contributed by atoms with Gasteiger partial charge in [0.05, 0.1) is 17.8 Å². The van der Waals surface area contributed by atoms with Gasteiger partial charge in [-0.25, -0.2) is 0 Å². The zero-order chi connectivity index (χ0) is 12.4. The second-order valence-electron chi connectivity index (χ2n) is 5.19. The molecule has 0 saturated carbocycles. The number of carboxylic acid groups (broad SMARTS) is 1. The first-order valence-corrected chi connectivity index (χ1v) is 4.77. The molecule has 0 saturated heterocycles. The van der Waals surface area contributed by atoms with E-state index < -0.39 is 22.6 Å². The van der Waals surface area contributed by atoms with Crippen LogP contribution in [0.1, 0.15) is 41.0 Å². The first-order chi connectivity index (χ1) is 6.49. The molecule has 0 rings (SSSR count). The van der Waals surface area contributed by atoms with Crippen molar-refractivity contribution in [3.63, 3.8) is 0 Å². The Morgan fingerprint density at radius 3 is 1.56 bits per heavy atom. The first-order valence-electron chi connectivity index (χ1n) is 4.77. The Labute approximate surface area is 116 Å². The summed E-state index contributed by atoms with van der Waals surface area (Å²) in [6, 6.07) is 0. The van der Waals surface area contributed by atoms with Crippen LogP contribution in [-0.2, 0) is 14.4 Å². The van der Waals surface area contributed by atoms with Crippen LogP contribution >= 0.6 is 0 Å². The molecule has 0 atom stereocenters. The molecule has 5 heteroatoms. The molecule has 0 radical (unpaired) electrons. The molecule has 0 fully saturated rings. The van der Waals surface area contributed by atoms with Gasteiger partial charge in [-0.15, -0.1) is 0 Å². The first kappa shape index (κ1) is 18.1. The molecule has 0 aromatic heterocycles. The second-order valence-corrected chi connectivity index (χ2v) is 5.19. The van der Waals surface area contributed by atoms with Crippen LogP contribution in [0, 0.1) is 10.8 Å². The number of hydrogen-bond acceptors (Lipinski definition) is 4. The van der Waals surface area contributed by atoms with E-state index in [9.17, 15) is 19.5 Å². The maximum Gasteiger partial charge on any atom is 1.00 e. The zero-order valence-electron chi connectivity index (χ0n) is 10.4. The van der Waals surface area contributed by atoms with Gasteiger partial charge < -0.3 is 9.90 Å². The van der Waals surface area contributed by atoms with Gasteiger partial charge in [0.15, 0.2) is 5.78 Å². The molecule has 0 amide bonds. The number of hydrogen-bond donors (Lipinski definition) is 0. The Kier molecular flexibility index (Phi) is 6.66. The summed E-state index contributed by atoms with van der Waals surface area (Å²) < 4.78 is 0. The fraction of sp³-hybridized carbons (Fsp3) is 0.727. The van der Waals surface area contributed by atoms with Crippen LogP contribution in [0.4, 0.5) is 0 Å². The van der Waals surface area contributed by atoms with Crippen molar-refractivity contribution in [3.8, 4) is 0 Å². The summed E-state index contributed by atoms with van der Waals surface area (Å²) in [4.78, 5) is 33.7. The molecule has 4 nitrogen and oxygen atoms in total. The quantitative estimate of drug-likeness (QED) is 0.475. The van der Waals surface area contributed by atoms with Gasteiger partial charge >= 0.3 is 27.3 Å². The van der Waals surface area contributed by atoms with Crippen molar-refractivity contribution in [2.45, 2.75) is 41.0 Å². The van der Waals surface area contributed by atoms with E-state index in [1.54, 1.807) is 20.8 Å². The van der Waals surface area contributed by atoms with Gasteiger partial charge in [0.2, 0.25) is 0 Å². The van der Waals surface area contributed by atoms with Crippen molar-refractivity contribution >= 4 is 44.8 Å². The normalized spacial score (nSPS) is 11.6. The molecule has 0 aliphatic heterocycles. The number of aliphatic carboxylic acids is 1. The summed E-state index contributed by atoms with van der Waals surface area (Å²) in [6.07, 6.45) is -0.357. The Bertz CT molecular complexity index is 300. The largest absolute Gasteiger partial charge is 1.00 e. The number of carboxylic acids is 1. The van der Waals surface area contributed by atoms with E-state index >= 15 is 0 Å². The van der Waals surface area contributed by atoms with Crippen LogP contribution in [0.15, 0.2) is 0 Å². The minimum Gasteiger partial charge on any atom is -0.549 e. The summed E-state index contributed by atoms with van der Waals surface area (Å²) in [5.74, 6) is -2.32. The van der Waals surface area contributed by atoms with Crippen LogP contribution in [0.2, 0.25) is 0 Å². The van der Waals surface area contributed by atoms with Crippen LogP contribution in [-0.4, -0.2) is 44.8 Å². The van der Waals surface area contributed by atoms with Crippen LogP contribution in [0.5, 0.6) is 0 Å². The van der Waals surface area contributed by atoms with Crippen molar-refractivity contribution in [1.29, 1.82) is 0 Å². The van der Waals surface area contributed by atoms with Crippen molar-refractivity contribution in [3.05, 3.63) is 0 Å². The SMILES string of the molecule is CC(C)(C)C(=O)CC(=O)C(C)(C)C(=O)[O-].[Tl+]. The summed E-state index contributed by atoms with van der Waals surface area (Å²) in [5, 5.41) is 10.7. The van der Waals surface area contributed by atoms with Gasteiger partial charge in [-0.3, -0.25) is 9.59 Å². The van der Waals surface area contributed by atoms with Gasteiger partial charge in [-0.2, -0.15) is 0 Å². The Hall–Kier alpha value is -0.268. The van der Waals surface area contributed by atoms with E-state index in [1.165, 1.54) is 13.8 Å². The molecule has 88 valence electrons. The third-order valence-corrected chi connectivity index (χ3v) is 2.37. The van der Waals surface area contributed by atoms with E-state index in [0.717, 1.165) is 0 Å². The predicted molar refractivity (Wildman–Crippen MR) is 58.6 cm³/mol. The molecule has 0 aromatic carbocycles. The van der Waals surface area contributed by atoms with Crippen LogP contribution < -0.4 is 5.11 Å². The van der Waals surface area contributed by atoms with Crippen molar-refractivity contribution in [2.24, 2.45) is 10.8 Å². The average molecular weight is 418 g/mol. The van der Waals surface area contributed by atoms with Gasteiger partial charge in [-0.1, -0.05) is 20.8 Å². The minimum atomic E-state index is -1.60. The molecular formula is C11H17O4Tl. The van der Waals surface area contributed by atoms with E-state index in [-0.39, 0.29) is 39.5 Å². The van der Waals surface area contributed by atoms with Gasteiger partial charge in [0.25, 0.3) is 0 Å². The average Bonchev–Trinajstić information content (AvgIpc) is 2.01. The van der Waals surface area contributed by atoms with E-state index in [0.29, 0.717) is 0 Å². The van der Waals surface area contributed by atoms with E-state index in [2.05, 4.69) is 0 Å². The smallest absolute Gasteiger partial charge is 0.549 e. The Morgan fingerprint density at radius 1 is 0.938 bits per heavy atom. The number of carbonyl (C=O) groups is 3. The molecule has 0 unspecified atom stereocenters. The van der Waals surface area contributed by atoms with Crippen LogP contribution in [0.3, 0.4) is 0 Å². The summed E-state index contributed by atoms with van der Waals surface area (Å²) >= 11 is 0. The number of rotatable bonds is 4. The van der Waals surface area contributed by atoms with Gasteiger partial charge in [0, 0.05) is 5.41 Å². The number of carbonyl (C=O) groups excluding carboxylic acids is 3. The second kappa shape index (κ2) is 5.88. The standard InChI is InChI=1S/C11H18O4.Tl/c1-10(2,3)7(12)6-8(13)11(4,5)9(14)15;/h6H2,1-5H3,(H,14,15);/q;+1/p-1. The molecule has 0 aromatic rings. The predicted octanol–water partition coefficient (Wildman–Crippen LogP) is -0.0439. The zero-order valence-corrected chi connectivity index (χ0v) is 14.9. The monoisotopic (exact) mass is 418 g/mol. The molecule has 0 N–H and O–H groups in total. The molecule has 16 heavy (non-hydrogen) atoms. The fourth-order valence-electron chi connectivity index (χ4n) is 0.746. The fourth-order valence-corrected chi connectivity index (χ4v) is 0.746. The maximum absolute atomic E-state index is 11.5. The van der Waals surface area contributed by atoms with Crippen molar-refractivity contribution in [1.82, 2.24) is 0 Å². The molecular weight excluding hydrogens is 400 g/mol. The van der Waals surface area contributed by atoms with E-state index in [4.69, 9.17) is 0 Å². The number of ketones is 2. The summed E-state index contributed by atoms with van der Waals surface area (Å²) in [6.45, 7) is 7.57. The molecule has 0 aliphatic rings. The minimum absolute atomic E-state index is 0. The summed E-state index contributed by atoms with van der Waals surface area (Å²) in [7, 11) is 0. The molecule has 0 bridgehead atoms. The summed E-state index contributed by atoms with van der Waals surface area (Å²) in [5.41, 5.74) is -2.22.